The van der Waals surface area contributed by atoms with Gasteiger partial charge in [0.25, 0.3) is 0 Å². The molecule has 3 rings (SSSR count). The number of hydrogen-bond acceptors (Lipinski definition) is 8. The number of rotatable bonds is 16. The molecule has 0 radical (unpaired) electrons. The van der Waals surface area contributed by atoms with Crippen LogP contribution in [0.3, 0.4) is 0 Å². The van der Waals surface area contributed by atoms with Crippen LogP contribution in [0, 0.1) is 5.92 Å². The molecule has 10 nitrogen and oxygen atoms in total. The molecule has 1 aromatic carbocycles. The number of esters is 1. The van der Waals surface area contributed by atoms with Gasteiger partial charge in [-0.2, -0.15) is 0 Å². The summed E-state index contributed by atoms with van der Waals surface area (Å²) in [6.07, 6.45) is 4.31. The maximum absolute atomic E-state index is 12.9. The molecule has 0 unspecified atom stereocenters. The maximum atomic E-state index is 12.9. The number of ether oxygens (including phenoxy) is 1. The van der Waals surface area contributed by atoms with Gasteiger partial charge in [0.2, 0.25) is 11.8 Å². The third-order valence-electron chi connectivity index (χ3n) is 6.33. The summed E-state index contributed by atoms with van der Waals surface area (Å²) in [4.78, 5) is 59.1. The number of pyridine rings is 2. The molecule has 0 bridgehead atoms. The van der Waals surface area contributed by atoms with Crippen molar-refractivity contribution in [1.82, 2.24) is 20.2 Å². The van der Waals surface area contributed by atoms with E-state index in [9.17, 15) is 19.2 Å². The summed E-state index contributed by atoms with van der Waals surface area (Å²) in [6, 6.07) is 18.9. The Kier molecular flexibility index (Phi) is 12.6. The lowest BCUT2D eigenvalue weighted by molar-refractivity contribution is -0.146. The fourth-order valence-electron chi connectivity index (χ4n) is 4.18. The second kappa shape index (κ2) is 16.6. The summed E-state index contributed by atoms with van der Waals surface area (Å²) in [5, 5.41) is 5.76. The van der Waals surface area contributed by atoms with Crippen LogP contribution in [0.25, 0.3) is 0 Å². The van der Waals surface area contributed by atoms with Crippen LogP contribution < -0.4 is 10.6 Å². The molecular formula is C31H37N5O5. The van der Waals surface area contributed by atoms with E-state index in [1.807, 2.05) is 65.6 Å². The number of benzene rings is 1. The van der Waals surface area contributed by atoms with E-state index in [-0.39, 0.29) is 43.4 Å². The quantitative estimate of drug-likeness (QED) is 0.256. The van der Waals surface area contributed by atoms with Gasteiger partial charge >= 0.3 is 5.97 Å². The lowest BCUT2D eigenvalue weighted by Gasteiger charge is -2.21. The molecule has 2 amide bonds. The van der Waals surface area contributed by atoms with Gasteiger partial charge in [0.1, 0.15) is 5.78 Å². The molecule has 216 valence electrons. The highest BCUT2D eigenvalue weighted by Gasteiger charge is 2.18. The predicted octanol–water partition coefficient (Wildman–Crippen LogP) is 3.32. The van der Waals surface area contributed by atoms with E-state index in [2.05, 4.69) is 25.3 Å². The van der Waals surface area contributed by atoms with Gasteiger partial charge in [-0.25, -0.2) is 0 Å². The molecule has 0 fully saturated rings. The highest BCUT2D eigenvalue weighted by atomic mass is 16.5. The van der Waals surface area contributed by atoms with Gasteiger partial charge in [-0.15, -0.1) is 0 Å². The molecule has 41 heavy (non-hydrogen) atoms. The summed E-state index contributed by atoms with van der Waals surface area (Å²) >= 11 is 0. The van der Waals surface area contributed by atoms with Crippen molar-refractivity contribution in [2.75, 3.05) is 25.5 Å². The fourth-order valence-corrected chi connectivity index (χ4v) is 4.18. The number of carbonyl (C=O) groups excluding carboxylic acids is 4. The van der Waals surface area contributed by atoms with E-state index < -0.39 is 11.9 Å². The Morgan fingerprint density at radius 2 is 1.49 bits per heavy atom. The lowest BCUT2D eigenvalue weighted by Crippen LogP contribution is -2.33. The molecule has 0 aliphatic carbocycles. The number of methoxy groups -OCH3 is 1. The number of ketones is 1. The topological polar surface area (TPSA) is 131 Å². The van der Waals surface area contributed by atoms with Crippen LogP contribution in [-0.4, -0.2) is 58.6 Å². The molecule has 0 aliphatic heterocycles. The van der Waals surface area contributed by atoms with Crippen LogP contribution in [-0.2, 0) is 43.4 Å². The smallest absolute Gasteiger partial charge is 0.308 e. The molecule has 1 atom stereocenters. The molecule has 3 aromatic rings. The Morgan fingerprint density at radius 1 is 0.854 bits per heavy atom. The largest absolute Gasteiger partial charge is 0.469 e. The minimum atomic E-state index is -0.513. The SMILES string of the molecule is COC(=O)[C@@H](C)CC(=O)CCC(=O)NCCc1ccc(NC(=O)CN(Cc2ccccn2)Cc2ccccn2)cc1. The Bertz CT molecular complexity index is 1230. The first-order valence-electron chi connectivity index (χ1n) is 13.6. The lowest BCUT2D eigenvalue weighted by atomic mass is 10.0. The molecule has 2 aromatic heterocycles. The number of anilines is 1. The van der Waals surface area contributed by atoms with Gasteiger partial charge in [-0.05, 0) is 48.4 Å². The molecule has 0 spiro atoms. The van der Waals surface area contributed by atoms with Crippen LogP contribution in [0.1, 0.15) is 43.1 Å². The average Bonchev–Trinajstić information content (AvgIpc) is 2.97. The normalized spacial score (nSPS) is 11.5. The average molecular weight is 560 g/mol. The van der Waals surface area contributed by atoms with E-state index in [0.29, 0.717) is 31.7 Å². The van der Waals surface area contributed by atoms with Crippen molar-refractivity contribution in [2.45, 2.75) is 45.7 Å². The third kappa shape index (κ3) is 11.7. The van der Waals surface area contributed by atoms with Crippen LogP contribution in [0.5, 0.6) is 0 Å². The zero-order chi connectivity index (χ0) is 29.5. The monoisotopic (exact) mass is 559 g/mol. The van der Waals surface area contributed by atoms with E-state index in [4.69, 9.17) is 0 Å². The van der Waals surface area contributed by atoms with E-state index in [1.54, 1.807) is 19.3 Å². The first-order chi connectivity index (χ1) is 19.8. The van der Waals surface area contributed by atoms with Crippen molar-refractivity contribution in [3.05, 3.63) is 90.0 Å². The molecule has 0 saturated heterocycles. The zero-order valence-corrected chi connectivity index (χ0v) is 23.5. The summed E-state index contributed by atoms with van der Waals surface area (Å²) in [5.41, 5.74) is 3.41. The van der Waals surface area contributed by atoms with Gasteiger partial charge in [0, 0.05) is 57.0 Å². The highest BCUT2D eigenvalue weighted by Crippen LogP contribution is 2.12. The summed E-state index contributed by atoms with van der Waals surface area (Å²) in [5.74, 6) is -1.45. The molecular weight excluding hydrogens is 522 g/mol. The zero-order valence-electron chi connectivity index (χ0n) is 23.5. The Morgan fingerprint density at radius 3 is 2.05 bits per heavy atom. The Labute approximate surface area is 240 Å². The van der Waals surface area contributed by atoms with E-state index in [1.165, 1.54) is 7.11 Å². The third-order valence-corrected chi connectivity index (χ3v) is 6.33. The second-order valence-electron chi connectivity index (χ2n) is 9.80. The van der Waals surface area contributed by atoms with E-state index in [0.717, 1.165) is 17.0 Å². The van der Waals surface area contributed by atoms with Gasteiger partial charge in [-0.3, -0.25) is 34.0 Å². The van der Waals surface area contributed by atoms with Crippen molar-refractivity contribution in [3.63, 3.8) is 0 Å². The molecule has 10 heteroatoms. The maximum Gasteiger partial charge on any atom is 0.308 e. The van der Waals surface area contributed by atoms with E-state index >= 15 is 0 Å². The Balaban J connectivity index is 1.41. The number of Topliss-reactive ketones (excluding diaryl/α,β-unsaturated/α-hetero) is 1. The highest BCUT2D eigenvalue weighted by molar-refractivity contribution is 5.92. The van der Waals surface area contributed by atoms with Gasteiger partial charge < -0.3 is 15.4 Å². The first kappa shape index (κ1) is 31.1. The summed E-state index contributed by atoms with van der Waals surface area (Å²) < 4.78 is 4.62. The van der Waals surface area contributed by atoms with Crippen molar-refractivity contribution >= 4 is 29.3 Å². The van der Waals surface area contributed by atoms with Crippen LogP contribution in [0.2, 0.25) is 0 Å². The number of carbonyl (C=O) groups is 4. The van der Waals surface area contributed by atoms with Crippen molar-refractivity contribution in [3.8, 4) is 0 Å². The number of amides is 2. The minimum Gasteiger partial charge on any atom is -0.469 e. The summed E-state index contributed by atoms with van der Waals surface area (Å²) in [6.45, 7) is 3.24. The fraction of sp³-hybridized carbons (Fsp3) is 0.355. The molecule has 2 heterocycles. The van der Waals surface area contributed by atoms with Crippen LogP contribution in [0.15, 0.2) is 73.1 Å². The van der Waals surface area contributed by atoms with Crippen LogP contribution >= 0.6 is 0 Å². The predicted molar refractivity (Wildman–Crippen MR) is 154 cm³/mol. The molecule has 2 N–H and O–H groups in total. The van der Waals surface area contributed by atoms with Gasteiger partial charge in [0.05, 0.1) is 31.0 Å². The first-order valence-corrected chi connectivity index (χ1v) is 13.6. The van der Waals surface area contributed by atoms with Gasteiger partial charge in [0.15, 0.2) is 0 Å². The molecule has 0 aliphatic rings. The number of aromatic nitrogens is 2. The molecule has 0 saturated carbocycles. The summed E-state index contributed by atoms with van der Waals surface area (Å²) in [7, 11) is 1.28. The number of hydrogen-bond donors (Lipinski definition) is 2. The number of nitrogens with zero attached hydrogens (tertiary/aromatic N) is 3. The number of nitrogens with one attached hydrogen (secondary N) is 2. The van der Waals surface area contributed by atoms with Crippen molar-refractivity contribution < 1.29 is 23.9 Å². The second-order valence-corrected chi connectivity index (χ2v) is 9.80. The van der Waals surface area contributed by atoms with Crippen molar-refractivity contribution in [1.29, 1.82) is 0 Å². The standard InChI is InChI=1S/C31H37N5O5/c1-23(31(40)41-2)19-28(37)13-14-29(38)34-18-15-24-9-11-25(12-10-24)35-30(39)22-36(20-26-7-3-5-16-32-26)21-27-8-4-6-17-33-27/h3-12,16-17,23H,13-15,18-22H2,1-2H3,(H,34,38)(H,35,39)/t23-/m0/s1. The Hall–Kier alpha value is -4.44. The van der Waals surface area contributed by atoms with Crippen molar-refractivity contribution in [2.24, 2.45) is 5.92 Å². The minimum absolute atomic E-state index is 0.0648. The van der Waals surface area contributed by atoms with Crippen LogP contribution in [0.4, 0.5) is 5.69 Å². The van der Waals surface area contributed by atoms with Gasteiger partial charge in [-0.1, -0.05) is 31.2 Å².